The molecule has 2 amide bonds. The van der Waals surface area contributed by atoms with Crippen LogP contribution < -0.4 is 11.1 Å². The van der Waals surface area contributed by atoms with Crippen LogP contribution in [0.4, 0.5) is 10.5 Å². The van der Waals surface area contributed by atoms with Gasteiger partial charge in [0.1, 0.15) is 5.60 Å². The number of hydrogen-bond acceptors (Lipinski definition) is 4. The van der Waals surface area contributed by atoms with Crippen molar-refractivity contribution in [3.8, 4) is 0 Å². The van der Waals surface area contributed by atoms with E-state index in [-0.39, 0.29) is 11.3 Å². The van der Waals surface area contributed by atoms with Gasteiger partial charge in [0.05, 0.1) is 0 Å². The molecule has 0 aromatic heterocycles. The van der Waals surface area contributed by atoms with Crippen molar-refractivity contribution >= 4 is 17.7 Å². The molecule has 1 heterocycles. The maximum atomic E-state index is 12.8. The molecular weight excluding hydrogens is 354 g/mol. The average Bonchev–Trinajstić information content (AvgIpc) is 2.56. The second-order valence-corrected chi connectivity index (χ2v) is 9.47. The molecule has 0 saturated heterocycles. The first kappa shape index (κ1) is 22.1. The lowest BCUT2D eigenvalue weighted by molar-refractivity contribution is -0.134. The third-order valence-electron chi connectivity index (χ3n) is 4.92. The van der Waals surface area contributed by atoms with Crippen LogP contribution in [0.5, 0.6) is 0 Å². The second-order valence-electron chi connectivity index (χ2n) is 9.47. The Hall–Kier alpha value is -2.24. The second kappa shape index (κ2) is 8.84. The fraction of sp³-hybridized carbons (Fsp3) is 0.636. The molecule has 1 aromatic rings. The van der Waals surface area contributed by atoms with Crippen LogP contribution in [0.25, 0.3) is 0 Å². The number of alkyl carbamates (subject to hydrolysis) is 1. The van der Waals surface area contributed by atoms with Crippen LogP contribution in [0.15, 0.2) is 18.2 Å². The molecule has 6 nitrogen and oxygen atoms in total. The lowest BCUT2D eigenvalue weighted by Crippen LogP contribution is -2.38. The Morgan fingerprint density at radius 2 is 1.89 bits per heavy atom. The predicted molar refractivity (Wildman–Crippen MR) is 112 cm³/mol. The van der Waals surface area contributed by atoms with Crippen molar-refractivity contribution in [2.75, 3.05) is 18.8 Å². The van der Waals surface area contributed by atoms with Gasteiger partial charge in [0, 0.05) is 31.7 Å². The summed E-state index contributed by atoms with van der Waals surface area (Å²) in [6.07, 6.45) is 2.63. The van der Waals surface area contributed by atoms with Crippen LogP contribution >= 0.6 is 0 Å². The number of nitrogen functional groups attached to an aromatic ring is 1. The van der Waals surface area contributed by atoms with Gasteiger partial charge >= 0.3 is 6.09 Å². The van der Waals surface area contributed by atoms with Crippen LogP contribution in [-0.4, -0.2) is 35.6 Å². The molecule has 0 saturated carbocycles. The Bertz CT molecular complexity index is 707. The normalized spacial score (nSPS) is 14.4. The summed E-state index contributed by atoms with van der Waals surface area (Å²) in [6, 6.07) is 5.94. The largest absolute Gasteiger partial charge is 0.444 e. The summed E-state index contributed by atoms with van der Waals surface area (Å²) in [5.41, 5.74) is 8.46. The Morgan fingerprint density at radius 1 is 1.18 bits per heavy atom. The van der Waals surface area contributed by atoms with Gasteiger partial charge < -0.3 is 20.7 Å². The standard InChI is InChI=1S/C22H35N3O3/c1-21(2,3)28-20(27)24-11-6-10-22(4,5)14-19(26)25-12-9-16-13-18(23)8-7-17(16)15-25/h7-8,13H,6,9-12,14-15,23H2,1-5H3,(H,24,27). The first-order chi connectivity index (χ1) is 13.0. The molecule has 0 unspecified atom stereocenters. The van der Waals surface area contributed by atoms with E-state index in [1.807, 2.05) is 43.9 Å². The van der Waals surface area contributed by atoms with Gasteiger partial charge in [-0.3, -0.25) is 4.79 Å². The van der Waals surface area contributed by atoms with E-state index < -0.39 is 11.7 Å². The van der Waals surface area contributed by atoms with Crippen molar-refractivity contribution in [2.24, 2.45) is 5.41 Å². The molecule has 6 heteroatoms. The Kier molecular flexibility index (Phi) is 6.96. The number of carbonyl (C=O) groups excluding carboxylic acids is 2. The molecule has 0 aliphatic carbocycles. The van der Waals surface area contributed by atoms with Crippen molar-refractivity contribution in [2.45, 2.75) is 72.4 Å². The van der Waals surface area contributed by atoms with Gasteiger partial charge in [0.25, 0.3) is 0 Å². The summed E-state index contributed by atoms with van der Waals surface area (Å²) in [7, 11) is 0. The lowest BCUT2D eigenvalue weighted by Gasteiger charge is -2.32. The number of anilines is 1. The molecule has 0 spiro atoms. The van der Waals surface area contributed by atoms with Crippen molar-refractivity contribution in [1.82, 2.24) is 10.2 Å². The molecule has 0 bridgehead atoms. The van der Waals surface area contributed by atoms with E-state index in [0.717, 1.165) is 31.5 Å². The number of nitrogens with zero attached hydrogens (tertiary/aromatic N) is 1. The number of fused-ring (bicyclic) bond motifs is 1. The highest BCUT2D eigenvalue weighted by Gasteiger charge is 2.27. The van der Waals surface area contributed by atoms with Crippen LogP contribution in [-0.2, 0) is 22.5 Å². The van der Waals surface area contributed by atoms with Gasteiger partial charge in [-0.05, 0) is 68.7 Å². The van der Waals surface area contributed by atoms with Crippen LogP contribution in [0.3, 0.4) is 0 Å². The van der Waals surface area contributed by atoms with Crippen LogP contribution in [0, 0.1) is 5.41 Å². The van der Waals surface area contributed by atoms with E-state index in [1.165, 1.54) is 11.1 Å². The van der Waals surface area contributed by atoms with Crippen molar-refractivity contribution < 1.29 is 14.3 Å². The number of nitrogens with two attached hydrogens (primary N) is 1. The molecule has 2 rings (SSSR count). The summed E-state index contributed by atoms with van der Waals surface area (Å²) in [6.45, 7) is 11.7. The van der Waals surface area contributed by atoms with E-state index in [2.05, 4.69) is 19.2 Å². The SMILES string of the molecule is CC(C)(CCCNC(=O)OC(C)(C)C)CC(=O)N1CCc2cc(N)ccc2C1. The van der Waals surface area contributed by atoms with E-state index in [9.17, 15) is 9.59 Å². The van der Waals surface area contributed by atoms with Gasteiger partial charge in [-0.25, -0.2) is 4.79 Å². The third kappa shape index (κ3) is 7.06. The average molecular weight is 390 g/mol. The van der Waals surface area contributed by atoms with Crippen LogP contribution in [0.1, 0.15) is 65.0 Å². The molecular formula is C22H35N3O3. The molecule has 0 atom stereocenters. The highest BCUT2D eigenvalue weighted by Crippen LogP contribution is 2.29. The fourth-order valence-corrected chi connectivity index (χ4v) is 3.47. The number of amides is 2. The van der Waals surface area contributed by atoms with Crippen molar-refractivity contribution in [1.29, 1.82) is 0 Å². The molecule has 156 valence electrons. The number of ether oxygens (including phenoxy) is 1. The van der Waals surface area contributed by atoms with Gasteiger partial charge in [-0.15, -0.1) is 0 Å². The zero-order valence-corrected chi connectivity index (χ0v) is 17.9. The molecule has 0 fully saturated rings. The molecule has 28 heavy (non-hydrogen) atoms. The maximum Gasteiger partial charge on any atom is 0.407 e. The first-order valence-electron chi connectivity index (χ1n) is 10.1. The predicted octanol–water partition coefficient (Wildman–Crippen LogP) is 3.87. The van der Waals surface area contributed by atoms with Crippen LogP contribution in [0.2, 0.25) is 0 Å². The highest BCUT2D eigenvalue weighted by molar-refractivity contribution is 5.77. The zero-order valence-electron chi connectivity index (χ0n) is 17.9. The fourth-order valence-electron chi connectivity index (χ4n) is 3.47. The van der Waals surface area contributed by atoms with E-state index in [0.29, 0.717) is 19.5 Å². The molecule has 1 aliphatic rings. The molecule has 1 aliphatic heterocycles. The number of benzene rings is 1. The maximum absolute atomic E-state index is 12.8. The Balaban J connectivity index is 1.76. The third-order valence-corrected chi connectivity index (χ3v) is 4.92. The summed E-state index contributed by atoms with van der Waals surface area (Å²) in [4.78, 5) is 26.4. The van der Waals surface area contributed by atoms with E-state index in [4.69, 9.17) is 10.5 Å². The Morgan fingerprint density at radius 3 is 2.57 bits per heavy atom. The monoisotopic (exact) mass is 389 g/mol. The number of carbonyl (C=O) groups is 2. The Labute approximate surface area is 168 Å². The topological polar surface area (TPSA) is 84.7 Å². The minimum absolute atomic E-state index is 0.117. The smallest absolute Gasteiger partial charge is 0.407 e. The first-order valence-corrected chi connectivity index (χ1v) is 10.1. The minimum Gasteiger partial charge on any atom is -0.444 e. The molecule has 3 N–H and O–H groups in total. The van der Waals surface area contributed by atoms with Gasteiger partial charge in [0.2, 0.25) is 5.91 Å². The minimum atomic E-state index is -0.492. The van der Waals surface area contributed by atoms with Crippen molar-refractivity contribution in [3.63, 3.8) is 0 Å². The lowest BCUT2D eigenvalue weighted by atomic mass is 9.83. The van der Waals surface area contributed by atoms with Gasteiger partial charge in [-0.1, -0.05) is 19.9 Å². The summed E-state index contributed by atoms with van der Waals surface area (Å²) in [5.74, 6) is 0.188. The van der Waals surface area contributed by atoms with Crippen molar-refractivity contribution in [3.05, 3.63) is 29.3 Å². The molecule has 1 aromatic carbocycles. The highest BCUT2D eigenvalue weighted by atomic mass is 16.6. The van der Waals surface area contributed by atoms with Gasteiger partial charge in [0.15, 0.2) is 0 Å². The molecule has 0 radical (unpaired) electrons. The quantitative estimate of drug-likeness (QED) is 0.571. The number of nitrogens with one attached hydrogen (secondary N) is 1. The van der Waals surface area contributed by atoms with E-state index >= 15 is 0 Å². The van der Waals surface area contributed by atoms with Gasteiger partial charge in [-0.2, -0.15) is 0 Å². The summed E-state index contributed by atoms with van der Waals surface area (Å²) < 4.78 is 5.23. The summed E-state index contributed by atoms with van der Waals surface area (Å²) >= 11 is 0. The summed E-state index contributed by atoms with van der Waals surface area (Å²) in [5, 5.41) is 2.78. The number of rotatable bonds is 6. The zero-order chi connectivity index (χ0) is 20.9. The number of hydrogen-bond donors (Lipinski definition) is 2. The van der Waals surface area contributed by atoms with E-state index in [1.54, 1.807) is 0 Å².